The summed E-state index contributed by atoms with van der Waals surface area (Å²) in [6, 6.07) is 0. The molecule has 0 saturated carbocycles. The maximum Gasteiger partial charge on any atom is 0.293 e. The molecule has 13 heavy (non-hydrogen) atoms. The first kappa shape index (κ1) is 12.2. The third-order valence-corrected chi connectivity index (χ3v) is 2.04. The highest BCUT2D eigenvalue weighted by atomic mass is 16.5. The van der Waals surface area contributed by atoms with Crippen molar-refractivity contribution in [3.63, 3.8) is 0 Å². The van der Waals surface area contributed by atoms with Gasteiger partial charge in [-0.05, 0) is 32.1 Å². The van der Waals surface area contributed by atoms with E-state index in [9.17, 15) is 4.79 Å². The van der Waals surface area contributed by atoms with Crippen LogP contribution in [-0.4, -0.2) is 12.6 Å². The Morgan fingerprint density at radius 2 is 2.15 bits per heavy atom. The first-order valence-corrected chi connectivity index (χ1v) is 4.73. The predicted octanol–water partition coefficient (Wildman–Crippen LogP) is 2.74. The van der Waals surface area contributed by atoms with Gasteiger partial charge in [0.1, 0.15) is 6.10 Å². The fraction of sp³-hybridized carbons (Fsp3) is 0.636. The molecule has 0 spiro atoms. The van der Waals surface area contributed by atoms with Gasteiger partial charge in [0.2, 0.25) is 0 Å². The summed E-state index contributed by atoms with van der Waals surface area (Å²) >= 11 is 0. The van der Waals surface area contributed by atoms with Gasteiger partial charge in [-0.2, -0.15) is 0 Å². The van der Waals surface area contributed by atoms with Gasteiger partial charge in [-0.25, -0.2) is 0 Å². The SMILES string of the molecule is [CH2][C@H](CCCC(C)CC=C)OC=O. The van der Waals surface area contributed by atoms with Crippen LogP contribution in [-0.2, 0) is 9.53 Å². The third kappa shape index (κ3) is 7.57. The molecule has 0 saturated heterocycles. The summed E-state index contributed by atoms with van der Waals surface area (Å²) in [5.41, 5.74) is 0. The number of carbonyl (C=O) groups is 1. The molecule has 0 aliphatic carbocycles. The Hall–Kier alpha value is -0.790. The summed E-state index contributed by atoms with van der Waals surface area (Å²) in [5.74, 6) is 0.668. The minimum atomic E-state index is -0.187. The lowest BCUT2D eigenvalue weighted by Gasteiger charge is -2.11. The smallest absolute Gasteiger partial charge is 0.293 e. The lowest BCUT2D eigenvalue weighted by molar-refractivity contribution is -0.131. The van der Waals surface area contributed by atoms with Crippen LogP contribution in [0.3, 0.4) is 0 Å². The van der Waals surface area contributed by atoms with E-state index in [1.807, 2.05) is 6.08 Å². The summed E-state index contributed by atoms with van der Waals surface area (Å²) < 4.78 is 4.67. The molecule has 0 aromatic rings. The molecule has 0 aliphatic heterocycles. The van der Waals surface area contributed by atoms with Gasteiger partial charge in [-0.1, -0.05) is 19.4 Å². The highest BCUT2D eigenvalue weighted by molar-refractivity contribution is 5.37. The summed E-state index contributed by atoms with van der Waals surface area (Å²) in [5, 5.41) is 0. The molecule has 0 heterocycles. The molecule has 2 heteroatoms. The van der Waals surface area contributed by atoms with Gasteiger partial charge in [0.15, 0.2) is 0 Å². The number of allylic oxidation sites excluding steroid dienone is 1. The van der Waals surface area contributed by atoms with Crippen molar-refractivity contribution in [2.24, 2.45) is 5.92 Å². The van der Waals surface area contributed by atoms with Gasteiger partial charge in [0.05, 0.1) is 0 Å². The van der Waals surface area contributed by atoms with E-state index in [0.29, 0.717) is 12.4 Å². The average molecular weight is 183 g/mol. The highest BCUT2D eigenvalue weighted by Gasteiger charge is 2.03. The number of rotatable bonds is 8. The Balaban J connectivity index is 3.32. The van der Waals surface area contributed by atoms with Crippen molar-refractivity contribution >= 4 is 6.47 Å². The standard InChI is InChI=1S/C11H19O2/c1-4-6-10(2)7-5-8-11(3)13-9-12/h4,9-11H,1,3,5-8H2,2H3/t10?,11-/m1/s1. The lowest BCUT2D eigenvalue weighted by atomic mass is 10.00. The predicted molar refractivity (Wildman–Crippen MR) is 54.1 cm³/mol. The summed E-state index contributed by atoms with van der Waals surface area (Å²) in [4.78, 5) is 9.94. The van der Waals surface area contributed by atoms with E-state index in [-0.39, 0.29) is 6.10 Å². The quantitative estimate of drug-likeness (QED) is 0.427. The van der Waals surface area contributed by atoms with E-state index in [4.69, 9.17) is 0 Å². The molecule has 0 aromatic carbocycles. The number of carbonyl (C=O) groups excluding carboxylic acids is 1. The van der Waals surface area contributed by atoms with E-state index < -0.39 is 0 Å². The molecule has 1 radical (unpaired) electrons. The first-order chi connectivity index (χ1) is 6.20. The Morgan fingerprint density at radius 3 is 2.69 bits per heavy atom. The van der Waals surface area contributed by atoms with Crippen molar-refractivity contribution in [3.05, 3.63) is 19.6 Å². The zero-order valence-corrected chi connectivity index (χ0v) is 8.37. The van der Waals surface area contributed by atoms with Crippen LogP contribution in [0.25, 0.3) is 0 Å². The molecule has 0 N–H and O–H groups in total. The zero-order chi connectivity index (χ0) is 10.1. The van der Waals surface area contributed by atoms with E-state index in [0.717, 1.165) is 25.7 Å². The van der Waals surface area contributed by atoms with E-state index >= 15 is 0 Å². The Bertz CT molecular complexity index is 127. The van der Waals surface area contributed by atoms with Crippen LogP contribution in [0.4, 0.5) is 0 Å². The highest BCUT2D eigenvalue weighted by Crippen LogP contribution is 2.13. The average Bonchev–Trinajstić information content (AvgIpc) is 2.05. The molecule has 0 aliphatic rings. The van der Waals surface area contributed by atoms with Crippen LogP contribution in [0.2, 0.25) is 0 Å². The van der Waals surface area contributed by atoms with Crippen LogP contribution < -0.4 is 0 Å². The second kappa shape index (κ2) is 7.84. The second-order valence-electron chi connectivity index (χ2n) is 3.41. The molecular weight excluding hydrogens is 164 g/mol. The lowest BCUT2D eigenvalue weighted by Crippen LogP contribution is -2.07. The van der Waals surface area contributed by atoms with Gasteiger partial charge in [-0.3, -0.25) is 4.79 Å². The summed E-state index contributed by atoms with van der Waals surface area (Å²) in [7, 11) is 0. The monoisotopic (exact) mass is 183 g/mol. The molecule has 75 valence electrons. The first-order valence-electron chi connectivity index (χ1n) is 4.73. The Labute approximate surface area is 81.0 Å². The Kier molecular flexibility index (Phi) is 7.36. The topological polar surface area (TPSA) is 26.3 Å². The molecule has 0 rings (SSSR count). The van der Waals surface area contributed by atoms with Crippen molar-refractivity contribution in [1.82, 2.24) is 0 Å². The van der Waals surface area contributed by atoms with Crippen LogP contribution >= 0.6 is 0 Å². The minimum absolute atomic E-state index is 0.187. The van der Waals surface area contributed by atoms with Gasteiger partial charge in [-0.15, -0.1) is 6.58 Å². The molecule has 0 amide bonds. The number of hydrogen-bond acceptors (Lipinski definition) is 2. The molecule has 0 bridgehead atoms. The fourth-order valence-electron chi connectivity index (χ4n) is 1.24. The van der Waals surface area contributed by atoms with Crippen molar-refractivity contribution in [3.8, 4) is 0 Å². The summed E-state index contributed by atoms with van der Waals surface area (Å²) in [6.45, 7) is 10.0. The van der Waals surface area contributed by atoms with Crippen molar-refractivity contribution in [2.75, 3.05) is 0 Å². The van der Waals surface area contributed by atoms with Crippen molar-refractivity contribution in [2.45, 2.75) is 38.7 Å². The zero-order valence-electron chi connectivity index (χ0n) is 8.37. The van der Waals surface area contributed by atoms with E-state index in [1.54, 1.807) is 0 Å². The Morgan fingerprint density at radius 1 is 1.46 bits per heavy atom. The van der Waals surface area contributed by atoms with Crippen LogP contribution in [0.15, 0.2) is 12.7 Å². The molecule has 2 nitrogen and oxygen atoms in total. The van der Waals surface area contributed by atoms with E-state index in [2.05, 4.69) is 25.2 Å². The van der Waals surface area contributed by atoms with Gasteiger partial charge < -0.3 is 4.74 Å². The number of hydrogen-bond donors (Lipinski definition) is 0. The van der Waals surface area contributed by atoms with Gasteiger partial charge in [0.25, 0.3) is 6.47 Å². The molecule has 0 aromatic heterocycles. The molecule has 1 unspecified atom stereocenters. The maximum atomic E-state index is 9.94. The molecule has 2 atom stereocenters. The van der Waals surface area contributed by atoms with Crippen molar-refractivity contribution in [1.29, 1.82) is 0 Å². The van der Waals surface area contributed by atoms with Crippen molar-refractivity contribution < 1.29 is 9.53 Å². The molecule has 0 fully saturated rings. The minimum Gasteiger partial charge on any atom is -0.465 e. The van der Waals surface area contributed by atoms with Crippen LogP contribution in [0.5, 0.6) is 0 Å². The van der Waals surface area contributed by atoms with Gasteiger partial charge >= 0.3 is 0 Å². The van der Waals surface area contributed by atoms with E-state index in [1.165, 1.54) is 0 Å². The largest absolute Gasteiger partial charge is 0.465 e. The fourth-order valence-corrected chi connectivity index (χ4v) is 1.24. The van der Waals surface area contributed by atoms with Crippen LogP contribution in [0.1, 0.15) is 32.6 Å². The summed E-state index contributed by atoms with van der Waals surface area (Å²) in [6.07, 6.45) is 5.84. The normalized spacial score (nSPS) is 14.6. The third-order valence-electron chi connectivity index (χ3n) is 2.04. The number of ether oxygens (including phenoxy) is 1. The molecular formula is C11H19O2. The van der Waals surface area contributed by atoms with Gasteiger partial charge in [0, 0.05) is 0 Å². The van der Waals surface area contributed by atoms with Crippen LogP contribution in [0, 0.1) is 12.8 Å². The maximum absolute atomic E-state index is 9.94. The second-order valence-corrected chi connectivity index (χ2v) is 3.41.